The lowest BCUT2D eigenvalue weighted by Gasteiger charge is -2.35. The number of piperidine rings is 1. The van der Waals surface area contributed by atoms with Gasteiger partial charge in [0.25, 0.3) is 0 Å². The molecule has 0 amide bonds. The third kappa shape index (κ3) is 5.02. The number of ether oxygens (including phenoxy) is 1. The van der Waals surface area contributed by atoms with Gasteiger partial charge in [-0.3, -0.25) is 9.69 Å². The van der Waals surface area contributed by atoms with E-state index >= 15 is 0 Å². The van der Waals surface area contributed by atoms with Crippen LogP contribution in [-0.2, 0) is 9.53 Å². The molecule has 1 aliphatic rings. The predicted octanol–water partition coefficient (Wildman–Crippen LogP) is 0.00320. The van der Waals surface area contributed by atoms with E-state index in [1.54, 1.807) is 6.92 Å². The van der Waals surface area contributed by atoms with Gasteiger partial charge in [0, 0.05) is 13.1 Å². The van der Waals surface area contributed by atoms with Gasteiger partial charge in [0.2, 0.25) is 0 Å². The number of nitrogens with zero attached hydrogens (tertiary/aromatic N) is 1. The van der Waals surface area contributed by atoms with Crippen molar-refractivity contribution in [2.75, 3.05) is 26.2 Å². The Morgan fingerprint density at radius 1 is 1.59 bits per heavy atom. The van der Waals surface area contributed by atoms with Crippen LogP contribution in [0.2, 0.25) is 0 Å². The number of hydrogen-bond donors (Lipinski definition) is 2. The van der Waals surface area contributed by atoms with Crippen molar-refractivity contribution in [1.29, 1.82) is 0 Å². The van der Waals surface area contributed by atoms with Gasteiger partial charge >= 0.3 is 5.97 Å². The first-order valence-electron chi connectivity index (χ1n) is 6.27. The molecule has 100 valence electrons. The highest BCUT2D eigenvalue weighted by atomic mass is 16.5. The maximum atomic E-state index is 11.2. The maximum absolute atomic E-state index is 11.2. The minimum absolute atomic E-state index is 0.0238. The smallest absolute Gasteiger partial charge is 0.308 e. The Balaban J connectivity index is 2.26. The van der Waals surface area contributed by atoms with E-state index in [1.165, 1.54) is 0 Å². The van der Waals surface area contributed by atoms with Crippen molar-refractivity contribution in [3.8, 4) is 0 Å². The summed E-state index contributed by atoms with van der Waals surface area (Å²) in [5.74, 6) is -0.0561. The summed E-state index contributed by atoms with van der Waals surface area (Å²) in [6.07, 6.45) is -0.100. The van der Waals surface area contributed by atoms with E-state index < -0.39 is 6.10 Å². The number of hydrogen-bond acceptors (Lipinski definition) is 5. The van der Waals surface area contributed by atoms with Crippen LogP contribution in [0.5, 0.6) is 0 Å². The Bertz CT molecular complexity index is 247. The normalized spacial score (nSPS) is 27.8. The Morgan fingerprint density at radius 2 is 2.29 bits per heavy atom. The molecule has 0 spiro atoms. The quantitative estimate of drug-likeness (QED) is 0.667. The molecule has 0 aromatic carbocycles. The summed E-state index contributed by atoms with van der Waals surface area (Å²) in [5, 5.41) is 19.4. The molecule has 1 fully saturated rings. The number of carbonyl (C=O) groups excluding carboxylic acids is 1. The van der Waals surface area contributed by atoms with Crippen LogP contribution in [0.25, 0.3) is 0 Å². The molecule has 0 radical (unpaired) electrons. The summed E-state index contributed by atoms with van der Waals surface area (Å²) in [6, 6.07) is 0. The van der Waals surface area contributed by atoms with E-state index in [1.807, 2.05) is 11.8 Å². The molecular formula is C12H23NO4. The van der Waals surface area contributed by atoms with Crippen LogP contribution in [0, 0.1) is 5.92 Å². The first kappa shape index (κ1) is 14.4. The summed E-state index contributed by atoms with van der Waals surface area (Å²) < 4.78 is 4.77. The molecule has 3 unspecified atom stereocenters. The Hall–Kier alpha value is -0.650. The third-order valence-corrected chi connectivity index (χ3v) is 3.18. The standard InChI is InChI=1S/C12H23NO4/c1-3-17-12(16)6-10(14)7-13-5-4-9(2)11(15)8-13/h9-11,14-15H,3-8H2,1-2H3. The number of esters is 1. The van der Waals surface area contributed by atoms with Crippen LogP contribution in [0.15, 0.2) is 0 Å². The Kier molecular flexibility index (Phi) is 5.88. The number of rotatable bonds is 5. The molecule has 0 bridgehead atoms. The van der Waals surface area contributed by atoms with Crippen LogP contribution in [0.3, 0.4) is 0 Å². The van der Waals surface area contributed by atoms with E-state index in [4.69, 9.17) is 4.74 Å². The van der Waals surface area contributed by atoms with Gasteiger partial charge in [-0.2, -0.15) is 0 Å². The lowest BCUT2D eigenvalue weighted by molar-refractivity contribution is -0.145. The first-order valence-corrected chi connectivity index (χ1v) is 6.27. The fourth-order valence-electron chi connectivity index (χ4n) is 2.06. The van der Waals surface area contributed by atoms with Crippen molar-refractivity contribution >= 4 is 5.97 Å². The minimum atomic E-state index is -0.713. The van der Waals surface area contributed by atoms with Crippen LogP contribution in [-0.4, -0.2) is 59.5 Å². The molecule has 1 saturated heterocycles. The average Bonchev–Trinajstić information content (AvgIpc) is 2.23. The number of β-amino-alcohol motifs (C(OH)–C–C–N with tert-alkyl or cyclic N) is 2. The monoisotopic (exact) mass is 245 g/mol. The summed E-state index contributed by atoms with van der Waals surface area (Å²) in [6.45, 7) is 5.96. The molecule has 0 aromatic rings. The number of aliphatic hydroxyl groups is 2. The van der Waals surface area contributed by atoms with Gasteiger partial charge in [0.15, 0.2) is 0 Å². The highest BCUT2D eigenvalue weighted by Crippen LogP contribution is 2.17. The second kappa shape index (κ2) is 6.93. The van der Waals surface area contributed by atoms with E-state index in [-0.39, 0.29) is 18.5 Å². The van der Waals surface area contributed by atoms with Gasteiger partial charge in [-0.15, -0.1) is 0 Å². The fourth-order valence-corrected chi connectivity index (χ4v) is 2.06. The average molecular weight is 245 g/mol. The highest BCUT2D eigenvalue weighted by Gasteiger charge is 2.26. The maximum Gasteiger partial charge on any atom is 0.308 e. The van der Waals surface area contributed by atoms with Gasteiger partial charge in [-0.05, 0) is 25.8 Å². The van der Waals surface area contributed by atoms with E-state index in [9.17, 15) is 15.0 Å². The molecule has 5 heteroatoms. The highest BCUT2D eigenvalue weighted by molar-refractivity contribution is 5.69. The van der Waals surface area contributed by atoms with Crippen LogP contribution >= 0.6 is 0 Å². The number of aliphatic hydroxyl groups excluding tert-OH is 2. The van der Waals surface area contributed by atoms with Gasteiger partial charge in [0.1, 0.15) is 0 Å². The van der Waals surface area contributed by atoms with Gasteiger partial charge in [-0.25, -0.2) is 0 Å². The Labute approximate surface area is 102 Å². The summed E-state index contributed by atoms with van der Waals surface area (Å²) in [5.41, 5.74) is 0. The molecule has 3 atom stereocenters. The zero-order valence-corrected chi connectivity index (χ0v) is 10.6. The van der Waals surface area contributed by atoms with Crippen LogP contribution in [0.1, 0.15) is 26.7 Å². The SMILES string of the molecule is CCOC(=O)CC(O)CN1CCC(C)C(O)C1. The van der Waals surface area contributed by atoms with Crippen molar-refractivity contribution in [3.63, 3.8) is 0 Å². The van der Waals surface area contributed by atoms with Crippen LogP contribution in [0.4, 0.5) is 0 Å². The first-order chi connectivity index (χ1) is 8.02. The Morgan fingerprint density at radius 3 is 2.88 bits per heavy atom. The third-order valence-electron chi connectivity index (χ3n) is 3.18. The summed E-state index contributed by atoms with van der Waals surface area (Å²) in [4.78, 5) is 13.2. The summed E-state index contributed by atoms with van der Waals surface area (Å²) >= 11 is 0. The lowest BCUT2D eigenvalue weighted by Crippen LogP contribution is -2.46. The number of likely N-dealkylation sites (tertiary alicyclic amines) is 1. The topological polar surface area (TPSA) is 70.0 Å². The molecule has 17 heavy (non-hydrogen) atoms. The van der Waals surface area contributed by atoms with Crippen molar-refractivity contribution < 1.29 is 19.7 Å². The van der Waals surface area contributed by atoms with Gasteiger partial charge < -0.3 is 14.9 Å². The zero-order valence-electron chi connectivity index (χ0n) is 10.6. The van der Waals surface area contributed by atoms with E-state index in [0.717, 1.165) is 13.0 Å². The van der Waals surface area contributed by atoms with Crippen LogP contribution < -0.4 is 0 Å². The minimum Gasteiger partial charge on any atom is -0.466 e. The van der Waals surface area contributed by atoms with Gasteiger partial charge in [0.05, 0.1) is 25.2 Å². The molecule has 5 nitrogen and oxygen atoms in total. The number of carbonyl (C=O) groups is 1. The lowest BCUT2D eigenvalue weighted by atomic mass is 9.96. The van der Waals surface area contributed by atoms with Crippen molar-refractivity contribution in [3.05, 3.63) is 0 Å². The van der Waals surface area contributed by atoms with E-state index in [0.29, 0.717) is 25.6 Å². The van der Waals surface area contributed by atoms with Crippen molar-refractivity contribution in [2.45, 2.75) is 38.9 Å². The van der Waals surface area contributed by atoms with E-state index in [2.05, 4.69) is 0 Å². The second-order valence-corrected chi connectivity index (χ2v) is 4.76. The molecule has 0 aromatic heterocycles. The largest absolute Gasteiger partial charge is 0.466 e. The van der Waals surface area contributed by atoms with Crippen molar-refractivity contribution in [2.24, 2.45) is 5.92 Å². The molecule has 1 rings (SSSR count). The fraction of sp³-hybridized carbons (Fsp3) is 0.917. The molecule has 0 saturated carbocycles. The second-order valence-electron chi connectivity index (χ2n) is 4.76. The van der Waals surface area contributed by atoms with Gasteiger partial charge in [-0.1, -0.05) is 6.92 Å². The molecule has 0 aliphatic carbocycles. The predicted molar refractivity (Wildman–Crippen MR) is 63.5 cm³/mol. The molecule has 1 heterocycles. The summed E-state index contributed by atoms with van der Waals surface area (Å²) in [7, 11) is 0. The molecule has 2 N–H and O–H groups in total. The molecular weight excluding hydrogens is 222 g/mol. The zero-order chi connectivity index (χ0) is 12.8. The van der Waals surface area contributed by atoms with Crippen molar-refractivity contribution in [1.82, 2.24) is 4.90 Å². The molecule has 1 aliphatic heterocycles.